The minimum atomic E-state index is -0.484. The van der Waals surface area contributed by atoms with Crippen LogP contribution in [0.15, 0.2) is 45.9 Å². The molecule has 0 aromatic rings. The van der Waals surface area contributed by atoms with Gasteiger partial charge in [-0.05, 0) is 80.4 Å². The van der Waals surface area contributed by atoms with Gasteiger partial charge in [-0.3, -0.25) is 10.3 Å². The fourth-order valence-electron chi connectivity index (χ4n) is 2.95. The average molecular weight is 412 g/mol. The van der Waals surface area contributed by atoms with E-state index in [1.54, 1.807) is 13.8 Å². The van der Waals surface area contributed by atoms with Crippen molar-refractivity contribution in [3.8, 4) is 0 Å². The molecule has 2 atom stereocenters. The second-order valence-corrected chi connectivity index (χ2v) is 7.24. The summed E-state index contributed by atoms with van der Waals surface area (Å²) in [5, 5.41) is 7.44. The molecule has 7 heteroatoms. The number of likely N-dealkylation sites (N-methyl/N-ethyl adjacent to an activating group) is 1. The van der Waals surface area contributed by atoms with Crippen LogP contribution >= 0.6 is 15.9 Å². The van der Waals surface area contributed by atoms with E-state index in [0.717, 1.165) is 25.1 Å². The number of nitrogens with zero attached hydrogens (tertiary/aromatic N) is 3. The van der Waals surface area contributed by atoms with Crippen molar-refractivity contribution in [3.63, 3.8) is 0 Å². The lowest BCUT2D eigenvalue weighted by atomic mass is 9.98. The summed E-state index contributed by atoms with van der Waals surface area (Å²) >= 11 is 3.17. The lowest BCUT2D eigenvalue weighted by Crippen LogP contribution is -2.26. The lowest BCUT2D eigenvalue weighted by molar-refractivity contribution is 0.338. The van der Waals surface area contributed by atoms with E-state index >= 15 is 0 Å². The molecule has 25 heavy (non-hydrogen) atoms. The van der Waals surface area contributed by atoms with E-state index in [9.17, 15) is 4.39 Å². The maximum Gasteiger partial charge on any atom is 0.156 e. The Morgan fingerprint density at radius 3 is 2.60 bits per heavy atom. The number of nitrogens with two attached hydrogens (primary N) is 1. The third-order valence-corrected chi connectivity index (χ3v) is 4.57. The van der Waals surface area contributed by atoms with Crippen LogP contribution < -0.4 is 5.73 Å². The molecule has 0 bridgehead atoms. The molecule has 5 nitrogen and oxygen atoms in total. The zero-order valence-corrected chi connectivity index (χ0v) is 16.9. The van der Waals surface area contributed by atoms with Crippen molar-refractivity contribution in [3.05, 3.63) is 36.0 Å². The van der Waals surface area contributed by atoms with Gasteiger partial charge in [0.05, 0.1) is 11.7 Å². The van der Waals surface area contributed by atoms with Crippen LogP contribution in [0, 0.1) is 11.3 Å². The molecule has 0 amide bonds. The van der Waals surface area contributed by atoms with E-state index < -0.39 is 5.83 Å². The summed E-state index contributed by atoms with van der Waals surface area (Å²) in [4.78, 5) is 10.6. The predicted octanol–water partition coefficient (Wildman–Crippen LogP) is 4.18. The van der Waals surface area contributed by atoms with Gasteiger partial charge in [0, 0.05) is 12.3 Å². The fourth-order valence-corrected chi connectivity index (χ4v) is 3.30. The molecule has 0 spiro atoms. The Bertz CT molecular complexity index is 648. The molecule has 0 aromatic heterocycles. The summed E-state index contributed by atoms with van der Waals surface area (Å²) in [5.74, 6) is 0.260. The first kappa shape index (κ1) is 21.4. The molecule has 1 rings (SSSR count). The van der Waals surface area contributed by atoms with Gasteiger partial charge in [0.1, 0.15) is 10.5 Å². The number of likely N-dealkylation sites (tertiary alicyclic amines) is 1. The molecule has 138 valence electrons. The third kappa shape index (κ3) is 7.04. The van der Waals surface area contributed by atoms with Crippen LogP contribution in [0.2, 0.25) is 0 Å². The van der Waals surface area contributed by atoms with Gasteiger partial charge in [0.15, 0.2) is 5.83 Å². The second kappa shape index (κ2) is 9.77. The second-order valence-electron chi connectivity index (χ2n) is 6.49. The van der Waals surface area contributed by atoms with Crippen LogP contribution in [0.3, 0.4) is 0 Å². The van der Waals surface area contributed by atoms with Gasteiger partial charge < -0.3 is 5.73 Å². The highest BCUT2D eigenvalue weighted by Crippen LogP contribution is 2.30. The van der Waals surface area contributed by atoms with Crippen LogP contribution in [-0.4, -0.2) is 40.7 Å². The molecular weight excluding hydrogens is 385 g/mol. The molecule has 0 radical (unpaired) electrons. The standard InChI is InChI=1S/C18H27BrFN5/c1-11(9-21)6-16(20)18(19)24-13(3)17-8-15(10-25(17)5)7-12(2)23-14(4)22/h6,9,15,17,22H,3,7-8,10,21H2,1-2,4-5H3/b11-9+,16-6+,22-14?,23-12?,24-18?. The molecule has 0 aliphatic carbocycles. The van der Waals surface area contributed by atoms with Gasteiger partial charge >= 0.3 is 0 Å². The van der Waals surface area contributed by atoms with Crippen molar-refractivity contribution in [2.45, 2.75) is 39.7 Å². The Kier molecular flexibility index (Phi) is 8.38. The van der Waals surface area contributed by atoms with Gasteiger partial charge in [-0.25, -0.2) is 14.4 Å². The summed E-state index contributed by atoms with van der Waals surface area (Å²) < 4.78 is 14.2. The molecular formula is C18H27BrFN5. The first-order valence-electron chi connectivity index (χ1n) is 8.12. The first-order chi connectivity index (χ1) is 11.6. The van der Waals surface area contributed by atoms with Gasteiger partial charge in [-0.2, -0.15) is 0 Å². The van der Waals surface area contributed by atoms with E-state index in [1.807, 2.05) is 14.0 Å². The average Bonchev–Trinajstić information content (AvgIpc) is 2.86. The monoisotopic (exact) mass is 411 g/mol. The van der Waals surface area contributed by atoms with Crippen LogP contribution in [0.25, 0.3) is 0 Å². The number of hydrogen-bond acceptors (Lipinski definition) is 4. The van der Waals surface area contributed by atoms with Crippen molar-refractivity contribution in [1.82, 2.24) is 4.90 Å². The summed E-state index contributed by atoms with van der Waals surface area (Å²) in [6.45, 7) is 10.2. The SMILES string of the molecule is C=C(N=C(Br)/C(F)=C\C(C)=C\N)C1CC(CC(C)=NC(C)=N)CN1C. The summed E-state index contributed by atoms with van der Waals surface area (Å²) in [5.41, 5.74) is 7.54. The first-order valence-corrected chi connectivity index (χ1v) is 8.92. The molecule has 3 N–H and O–H groups in total. The minimum Gasteiger partial charge on any atom is -0.404 e. The summed E-state index contributed by atoms with van der Waals surface area (Å²) in [7, 11) is 2.01. The van der Waals surface area contributed by atoms with Crippen molar-refractivity contribution in [2.75, 3.05) is 13.6 Å². The number of amidine groups is 1. The predicted molar refractivity (Wildman–Crippen MR) is 108 cm³/mol. The van der Waals surface area contributed by atoms with E-state index in [1.165, 1.54) is 12.3 Å². The molecule has 1 aliphatic rings. The van der Waals surface area contributed by atoms with Crippen LogP contribution in [0.5, 0.6) is 0 Å². The number of aliphatic imine (C=N–C) groups is 2. The number of rotatable bonds is 6. The van der Waals surface area contributed by atoms with Crippen molar-refractivity contribution < 1.29 is 4.39 Å². The van der Waals surface area contributed by atoms with Gasteiger partial charge in [-0.1, -0.05) is 6.58 Å². The molecule has 1 aliphatic heterocycles. The zero-order chi connectivity index (χ0) is 19.1. The summed E-state index contributed by atoms with van der Waals surface area (Å²) in [6.07, 6.45) is 4.38. The van der Waals surface area contributed by atoms with Crippen molar-refractivity contribution in [2.24, 2.45) is 21.6 Å². The summed E-state index contributed by atoms with van der Waals surface area (Å²) in [6, 6.07) is 0.0605. The molecule has 2 unspecified atom stereocenters. The molecule has 1 fully saturated rings. The Morgan fingerprint density at radius 1 is 1.40 bits per heavy atom. The van der Waals surface area contributed by atoms with Crippen LogP contribution in [-0.2, 0) is 0 Å². The van der Waals surface area contributed by atoms with E-state index in [-0.39, 0.29) is 10.7 Å². The lowest BCUT2D eigenvalue weighted by Gasteiger charge is -2.18. The maximum atomic E-state index is 14.0. The Morgan fingerprint density at radius 2 is 2.04 bits per heavy atom. The number of hydrogen-bond donors (Lipinski definition) is 2. The highest BCUT2D eigenvalue weighted by Gasteiger charge is 2.31. The van der Waals surface area contributed by atoms with E-state index in [2.05, 4.69) is 37.4 Å². The smallest absolute Gasteiger partial charge is 0.156 e. The third-order valence-electron chi connectivity index (χ3n) is 4.02. The fraction of sp³-hybridized carbons (Fsp3) is 0.500. The Balaban J connectivity index is 2.78. The number of nitrogens with one attached hydrogen (secondary N) is 1. The highest BCUT2D eigenvalue weighted by molar-refractivity contribution is 9.18. The normalized spacial score (nSPS) is 23.9. The topological polar surface area (TPSA) is 77.8 Å². The maximum absolute atomic E-state index is 14.0. The van der Waals surface area contributed by atoms with Crippen LogP contribution in [0.4, 0.5) is 4.39 Å². The zero-order valence-electron chi connectivity index (χ0n) is 15.3. The number of halogens is 2. The van der Waals surface area contributed by atoms with Crippen molar-refractivity contribution in [1.29, 1.82) is 5.41 Å². The Hall–Kier alpha value is -1.60. The number of allylic oxidation sites excluding steroid dienone is 3. The quantitative estimate of drug-likeness (QED) is 0.390. The van der Waals surface area contributed by atoms with Gasteiger partial charge in [0.25, 0.3) is 0 Å². The molecule has 1 heterocycles. The largest absolute Gasteiger partial charge is 0.404 e. The molecule has 0 aromatic carbocycles. The molecule has 0 saturated carbocycles. The van der Waals surface area contributed by atoms with Gasteiger partial charge in [-0.15, -0.1) is 0 Å². The molecule has 1 saturated heterocycles. The van der Waals surface area contributed by atoms with Gasteiger partial charge in [0.2, 0.25) is 0 Å². The van der Waals surface area contributed by atoms with E-state index in [0.29, 0.717) is 23.0 Å². The van der Waals surface area contributed by atoms with Crippen molar-refractivity contribution >= 4 is 32.1 Å². The Labute approximate surface area is 157 Å². The minimum absolute atomic E-state index is 0.0605. The highest BCUT2D eigenvalue weighted by atomic mass is 79.9. The van der Waals surface area contributed by atoms with E-state index in [4.69, 9.17) is 11.1 Å². The van der Waals surface area contributed by atoms with Crippen LogP contribution in [0.1, 0.15) is 33.6 Å².